The van der Waals surface area contributed by atoms with Crippen molar-refractivity contribution in [1.82, 2.24) is 0 Å². The van der Waals surface area contributed by atoms with Crippen molar-refractivity contribution in [2.75, 3.05) is 11.9 Å². The third kappa shape index (κ3) is 5.64. The summed E-state index contributed by atoms with van der Waals surface area (Å²) in [6.07, 6.45) is -0.0508. The normalized spacial score (nSPS) is 11.7. The van der Waals surface area contributed by atoms with Gasteiger partial charge < -0.3 is 25.6 Å². The van der Waals surface area contributed by atoms with Crippen molar-refractivity contribution in [2.24, 2.45) is 5.73 Å². The molecule has 1 unspecified atom stereocenters. The minimum atomic E-state index is -1.03. The van der Waals surface area contributed by atoms with E-state index in [1.807, 2.05) is 20.8 Å². The Hall–Kier alpha value is -3.22. The number of rotatable bonds is 9. The van der Waals surface area contributed by atoms with Gasteiger partial charge in [0.1, 0.15) is 17.3 Å². The van der Waals surface area contributed by atoms with Gasteiger partial charge in [0.05, 0.1) is 12.7 Å². The molecular formula is C20H25N3O4. The first-order valence-electron chi connectivity index (χ1n) is 8.68. The molecule has 2 rings (SSSR count). The summed E-state index contributed by atoms with van der Waals surface area (Å²) in [5.74, 6) is 0.0163. The molecule has 0 aliphatic carbocycles. The minimum absolute atomic E-state index is 0.0452. The number of hydrogen-bond donors (Lipinski definition) is 4. The molecule has 1 atom stereocenters. The van der Waals surface area contributed by atoms with E-state index in [9.17, 15) is 9.90 Å². The summed E-state index contributed by atoms with van der Waals surface area (Å²) in [4.78, 5) is 11.9. The molecule has 5 N–H and O–H groups in total. The quantitative estimate of drug-likeness (QED) is 0.396. The number of nitrogens with two attached hydrogens (primary N) is 1. The van der Waals surface area contributed by atoms with Gasteiger partial charge in [0.25, 0.3) is 0 Å². The Balaban J connectivity index is 2.35. The van der Waals surface area contributed by atoms with Gasteiger partial charge in [-0.05, 0) is 62.7 Å². The second-order valence-corrected chi connectivity index (χ2v) is 6.24. The molecule has 0 saturated heterocycles. The molecule has 0 heterocycles. The number of anilines is 1. The van der Waals surface area contributed by atoms with Gasteiger partial charge in [0.2, 0.25) is 0 Å². The van der Waals surface area contributed by atoms with E-state index in [2.05, 4.69) is 5.32 Å². The zero-order chi connectivity index (χ0) is 20.0. The Morgan fingerprint density at radius 3 is 2.33 bits per heavy atom. The summed E-state index contributed by atoms with van der Waals surface area (Å²) >= 11 is 0. The van der Waals surface area contributed by atoms with Gasteiger partial charge >= 0.3 is 5.97 Å². The number of benzene rings is 2. The van der Waals surface area contributed by atoms with Gasteiger partial charge in [0, 0.05) is 17.3 Å². The van der Waals surface area contributed by atoms with Crippen LogP contribution in [0.5, 0.6) is 11.5 Å². The van der Waals surface area contributed by atoms with Crippen LogP contribution in [0.4, 0.5) is 5.69 Å². The summed E-state index contributed by atoms with van der Waals surface area (Å²) in [5, 5.41) is 20.1. The van der Waals surface area contributed by atoms with Crippen molar-refractivity contribution in [2.45, 2.75) is 32.9 Å². The molecule has 0 amide bonds. The lowest BCUT2D eigenvalue weighted by Gasteiger charge is -2.19. The van der Waals surface area contributed by atoms with Crippen LogP contribution in [-0.4, -0.2) is 29.6 Å². The third-order valence-corrected chi connectivity index (χ3v) is 3.67. The van der Waals surface area contributed by atoms with Crippen molar-refractivity contribution in [3.63, 3.8) is 0 Å². The monoisotopic (exact) mass is 371 g/mol. The van der Waals surface area contributed by atoms with Crippen LogP contribution in [0.1, 0.15) is 37.9 Å². The van der Waals surface area contributed by atoms with E-state index >= 15 is 0 Å². The number of hydrogen-bond acceptors (Lipinski definition) is 5. The summed E-state index contributed by atoms with van der Waals surface area (Å²) in [6, 6.07) is 10.8. The molecule has 2 aromatic rings. The second kappa shape index (κ2) is 8.93. The number of carbonyl (C=O) groups is 1. The summed E-state index contributed by atoms with van der Waals surface area (Å²) in [5.41, 5.74) is 7.13. The molecule has 144 valence electrons. The van der Waals surface area contributed by atoms with Crippen LogP contribution in [-0.2, 0) is 4.79 Å². The molecule has 0 bridgehead atoms. The van der Waals surface area contributed by atoms with Crippen LogP contribution in [0.25, 0.3) is 0 Å². The first-order chi connectivity index (χ1) is 12.8. The molecule has 0 spiro atoms. The first kappa shape index (κ1) is 20.1. The predicted octanol–water partition coefficient (Wildman–Crippen LogP) is 3.39. The fraction of sp³-hybridized carbons (Fsp3) is 0.300. The van der Waals surface area contributed by atoms with E-state index in [4.69, 9.17) is 20.6 Å². The van der Waals surface area contributed by atoms with Crippen molar-refractivity contribution in [3.05, 3.63) is 53.6 Å². The minimum Gasteiger partial charge on any atom is -0.494 e. The average molecular weight is 371 g/mol. The van der Waals surface area contributed by atoms with E-state index in [0.717, 1.165) is 0 Å². The zero-order valence-corrected chi connectivity index (χ0v) is 15.7. The Bertz CT molecular complexity index is 803. The molecule has 7 heteroatoms. The molecule has 0 radical (unpaired) electrons. The smallest absolute Gasteiger partial charge is 0.330 e. The van der Waals surface area contributed by atoms with E-state index in [1.165, 1.54) is 0 Å². The van der Waals surface area contributed by atoms with Crippen molar-refractivity contribution in [3.8, 4) is 11.5 Å². The highest BCUT2D eigenvalue weighted by atomic mass is 16.5. The van der Waals surface area contributed by atoms with Gasteiger partial charge in [-0.2, -0.15) is 0 Å². The number of amidine groups is 1. The first-order valence-corrected chi connectivity index (χ1v) is 8.68. The molecule has 0 saturated carbocycles. The second-order valence-electron chi connectivity index (χ2n) is 6.24. The van der Waals surface area contributed by atoms with Gasteiger partial charge in [-0.15, -0.1) is 0 Å². The van der Waals surface area contributed by atoms with Crippen molar-refractivity contribution >= 4 is 17.5 Å². The van der Waals surface area contributed by atoms with Crippen LogP contribution >= 0.6 is 0 Å². The van der Waals surface area contributed by atoms with Crippen LogP contribution in [0.15, 0.2) is 42.5 Å². The van der Waals surface area contributed by atoms with Gasteiger partial charge in [-0.25, -0.2) is 4.79 Å². The fourth-order valence-corrected chi connectivity index (χ4v) is 2.55. The standard InChI is InChI=1S/C20H25N3O4/c1-4-26-16-9-14(10-17(11-16)27-12(2)3)18(20(24)25)23-15-7-5-13(6-8-15)19(21)22/h5-12,18,23H,4H2,1-3H3,(H3,21,22)(H,24,25). The Kier molecular flexibility index (Phi) is 6.65. The Morgan fingerprint density at radius 2 is 1.81 bits per heavy atom. The predicted molar refractivity (Wildman–Crippen MR) is 105 cm³/mol. The molecule has 27 heavy (non-hydrogen) atoms. The van der Waals surface area contributed by atoms with E-state index < -0.39 is 12.0 Å². The van der Waals surface area contributed by atoms with Gasteiger partial charge in [-0.1, -0.05) is 0 Å². The number of ether oxygens (including phenoxy) is 2. The van der Waals surface area contributed by atoms with Crippen LogP contribution < -0.4 is 20.5 Å². The maximum atomic E-state index is 11.9. The molecule has 7 nitrogen and oxygen atoms in total. The van der Waals surface area contributed by atoms with Gasteiger partial charge in [0.15, 0.2) is 6.04 Å². The Labute approximate surface area is 158 Å². The van der Waals surface area contributed by atoms with Crippen molar-refractivity contribution in [1.29, 1.82) is 5.41 Å². The molecule has 0 aliphatic rings. The number of aliphatic carboxylic acids is 1. The maximum Gasteiger partial charge on any atom is 0.330 e. The van der Waals surface area contributed by atoms with Crippen LogP contribution in [0, 0.1) is 5.41 Å². The highest BCUT2D eigenvalue weighted by Gasteiger charge is 2.22. The number of nitrogen functional groups attached to an aromatic ring is 1. The lowest BCUT2D eigenvalue weighted by molar-refractivity contribution is -0.138. The summed E-state index contributed by atoms with van der Waals surface area (Å²) < 4.78 is 11.3. The lowest BCUT2D eigenvalue weighted by atomic mass is 10.1. The van der Waals surface area contributed by atoms with Crippen LogP contribution in [0.2, 0.25) is 0 Å². The molecular weight excluding hydrogens is 346 g/mol. The maximum absolute atomic E-state index is 11.9. The third-order valence-electron chi connectivity index (χ3n) is 3.67. The summed E-state index contributed by atoms with van der Waals surface area (Å²) in [7, 11) is 0. The SMILES string of the molecule is CCOc1cc(OC(C)C)cc(C(Nc2ccc(C(=N)N)cc2)C(=O)O)c1. The Morgan fingerprint density at radius 1 is 1.19 bits per heavy atom. The zero-order valence-electron chi connectivity index (χ0n) is 15.7. The summed E-state index contributed by atoms with van der Waals surface area (Å²) in [6.45, 7) is 6.12. The lowest BCUT2D eigenvalue weighted by Crippen LogP contribution is -2.21. The average Bonchev–Trinajstić information content (AvgIpc) is 2.59. The van der Waals surface area contributed by atoms with Crippen LogP contribution in [0.3, 0.4) is 0 Å². The highest BCUT2D eigenvalue weighted by Crippen LogP contribution is 2.30. The number of carboxylic acid groups (broad SMARTS) is 1. The van der Waals surface area contributed by atoms with E-state index in [-0.39, 0.29) is 11.9 Å². The molecule has 2 aromatic carbocycles. The number of nitrogens with one attached hydrogen (secondary N) is 2. The number of carboxylic acids is 1. The fourth-order valence-electron chi connectivity index (χ4n) is 2.55. The van der Waals surface area contributed by atoms with E-state index in [0.29, 0.717) is 34.9 Å². The highest BCUT2D eigenvalue weighted by molar-refractivity contribution is 5.95. The molecule has 0 aliphatic heterocycles. The topological polar surface area (TPSA) is 118 Å². The van der Waals surface area contributed by atoms with Gasteiger partial charge in [-0.3, -0.25) is 5.41 Å². The molecule has 0 aromatic heterocycles. The van der Waals surface area contributed by atoms with E-state index in [1.54, 1.807) is 42.5 Å². The van der Waals surface area contributed by atoms with Crippen molar-refractivity contribution < 1.29 is 19.4 Å². The molecule has 0 fully saturated rings. The largest absolute Gasteiger partial charge is 0.494 e.